The fourth-order valence-electron chi connectivity index (χ4n) is 1.61. The van der Waals surface area contributed by atoms with Crippen molar-refractivity contribution < 1.29 is 0 Å². The van der Waals surface area contributed by atoms with E-state index in [1.165, 1.54) is 16.9 Å². The van der Waals surface area contributed by atoms with Crippen molar-refractivity contribution in [2.75, 3.05) is 5.75 Å². The molecule has 2 heteroatoms. The van der Waals surface area contributed by atoms with Gasteiger partial charge in [0.15, 0.2) is 0 Å². The monoisotopic (exact) mass is 237 g/mol. The van der Waals surface area contributed by atoms with Crippen molar-refractivity contribution in [3.63, 3.8) is 0 Å². The molecular weight excluding hydrogens is 214 g/mol. The summed E-state index contributed by atoms with van der Waals surface area (Å²) in [5.74, 6) is 1.64. The van der Waals surface area contributed by atoms with E-state index in [1.807, 2.05) is 11.8 Å². The Labute approximate surface area is 104 Å². The maximum atomic E-state index is 5.99. The molecule has 0 aliphatic carbocycles. The van der Waals surface area contributed by atoms with Gasteiger partial charge < -0.3 is 5.73 Å². The van der Waals surface area contributed by atoms with Gasteiger partial charge in [-0.25, -0.2) is 0 Å². The van der Waals surface area contributed by atoms with Crippen molar-refractivity contribution in [2.24, 2.45) is 5.73 Å². The van der Waals surface area contributed by atoms with Crippen LogP contribution in [0.1, 0.15) is 45.1 Å². The highest BCUT2D eigenvalue weighted by molar-refractivity contribution is 7.99. The standard InChI is InChI=1S/C14H23NS/c1-4-5-13(15)10-16-14-8-6-12(7-9-14)11(2)3/h6-9,11,13H,4-5,10,15H2,1-3H3. The number of rotatable bonds is 6. The largest absolute Gasteiger partial charge is 0.327 e. The van der Waals surface area contributed by atoms with Crippen LogP contribution in [0.15, 0.2) is 29.2 Å². The molecule has 0 spiro atoms. The van der Waals surface area contributed by atoms with Gasteiger partial charge in [-0.15, -0.1) is 11.8 Å². The molecule has 1 rings (SSSR count). The third-order valence-electron chi connectivity index (χ3n) is 2.67. The molecule has 0 aliphatic rings. The highest BCUT2D eigenvalue weighted by atomic mass is 32.2. The first-order valence-corrected chi connectivity index (χ1v) is 7.10. The predicted octanol–water partition coefficient (Wildman–Crippen LogP) is 4.03. The lowest BCUT2D eigenvalue weighted by Gasteiger charge is -2.10. The molecule has 0 saturated heterocycles. The zero-order valence-electron chi connectivity index (χ0n) is 10.6. The molecule has 1 atom stereocenters. The van der Waals surface area contributed by atoms with Crippen LogP contribution >= 0.6 is 11.8 Å². The van der Waals surface area contributed by atoms with E-state index in [9.17, 15) is 0 Å². The normalized spacial score (nSPS) is 13.1. The lowest BCUT2D eigenvalue weighted by atomic mass is 10.0. The molecule has 16 heavy (non-hydrogen) atoms. The van der Waals surface area contributed by atoms with E-state index in [1.54, 1.807) is 0 Å². The molecule has 1 aromatic carbocycles. The molecular formula is C14H23NS. The molecule has 0 fully saturated rings. The summed E-state index contributed by atoms with van der Waals surface area (Å²) in [6.45, 7) is 6.63. The second kappa shape index (κ2) is 6.97. The van der Waals surface area contributed by atoms with Crippen LogP contribution < -0.4 is 5.73 Å². The van der Waals surface area contributed by atoms with Crippen LogP contribution in [0.5, 0.6) is 0 Å². The van der Waals surface area contributed by atoms with Crippen LogP contribution in [0.2, 0.25) is 0 Å². The molecule has 1 unspecified atom stereocenters. The van der Waals surface area contributed by atoms with Gasteiger partial charge in [0, 0.05) is 16.7 Å². The van der Waals surface area contributed by atoms with Crippen LogP contribution in [0.4, 0.5) is 0 Å². The molecule has 2 N–H and O–H groups in total. The Kier molecular flexibility index (Phi) is 5.93. The quantitative estimate of drug-likeness (QED) is 0.756. The third kappa shape index (κ3) is 4.58. The highest BCUT2D eigenvalue weighted by Crippen LogP contribution is 2.22. The van der Waals surface area contributed by atoms with Gasteiger partial charge in [-0.3, -0.25) is 0 Å². The first kappa shape index (κ1) is 13.6. The zero-order valence-corrected chi connectivity index (χ0v) is 11.4. The lowest BCUT2D eigenvalue weighted by molar-refractivity contribution is 0.661. The Bertz CT molecular complexity index is 292. The molecule has 0 saturated carbocycles. The first-order valence-electron chi connectivity index (χ1n) is 6.11. The van der Waals surface area contributed by atoms with Crippen LogP contribution in [0, 0.1) is 0 Å². The lowest BCUT2D eigenvalue weighted by Crippen LogP contribution is -2.22. The number of benzene rings is 1. The van der Waals surface area contributed by atoms with E-state index < -0.39 is 0 Å². The summed E-state index contributed by atoms with van der Waals surface area (Å²) < 4.78 is 0. The van der Waals surface area contributed by atoms with Gasteiger partial charge in [0.05, 0.1) is 0 Å². The number of hydrogen-bond donors (Lipinski definition) is 1. The van der Waals surface area contributed by atoms with Crippen molar-refractivity contribution in [3.05, 3.63) is 29.8 Å². The van der Waals surface area contributed by atoms with E-state index in [4.69, 9.17) is 5.73 Å². The van der Waals surface area contributed by atoms with Gasteiger partial charge in [-0.05, 0) is 30.0 Å². The van der Waals surface area contributed by atoms with Gasteiger partial charge >= 0.3 is 0 Å². The SMILES string of the molecule is CCCC(N)CSc1ccc(C(C)C)cc1. The fraction of sp³-hybridized carbons (Fsp3) is 0.571. The summed E-state index contributed by atoms with van der Waals surface area (Å²) in [4.78, 5) is 1.33. The summed E-state index contributed by atoms with van der Waals surface area (Å²) in [6, 6.07) is 9.19. The first-order chi connectivity index (χ1) is 7.63. The van der Waals surface area contributed by atoms with E-state index in [-0.39, 0.29) is 0 Å². The maximum Gasteiger partial charge on any atom is 0.0133 e. The zero-order chi connectivity index (χ0) is 12.0. The van der Waals surface area contributed by atoms with Crippen molar-refractivity contribution in [1.29, 1.82) is 0 Å². The molecule has 0 amide bonds. The number of thioether (sulfide) groups is 1. The van der Waals surface area contributed by atoms with Gasteiger partial charge in [-0.1, -0.05) is 39.3 Å². The van der Waals surface area contributed by atoms with Crippen LogP contribution in [0.3, 0.4) is 0 Å². The van der Waals surface area contributed by atoms with Gasteiger partial charge in [0.1, 0.15) is 0 Å². The van der Waals surface area contributed by atoms with Crippen LogP contribution in [-0.4, -0.2) is 11.8 Å². The summed E-state index contributed by atoms with van der Waals surface area (Å²) in [6.07, 6.45) is 2.30. The summed E-state index contributed by atoms with van der Waals surface area (Å²) in [5, 5.41) is 0. The minimum atomic E-state index is 0.333. The second-order valence-electron chi connectivity index (χ2n) is 4.58. The summed E-state index contributed by atoms with van der Waals surface area (Å²) in [7, 11) is 0. The highest BCUT2D eigenvalue weighted by Gasteiger charge is 2.03. The average molecular weight is 237 g/mol. The molecule has 1 aromatic rings. The minimum Gasteiger partial charge on any atom is -0.327 e. The van der Waals surface area contributed by atoms with Gasteiger partial charge in [0.2, 0.25) is 0 Å². The van der Waals surface area contributed by atoms with Crippen LogP contribution in [-0.2, 0) is 0 Å². The fourth-order valence-corrected chi connectivity index (χ4v) is 2.51. The molecule has 1 nitrogen and oxygen atoms in total. The predicted molar refractivity (Wildman–Crippen MR) is 74.1 cm³/mol. The Balaban J connectivity index is 2.43. The van der Waals surface area contributed by atoms with Gasteiger partial charge in [0.25, 0.3) is 0 Å². The van der Waals surface area contributed by atoms with Crippen molar-refractivity contribution in [2.45, 2.75) is 50.5 Å². The van der Waals surface area contributed by atoms with Crippen LogP contribution in [0.25, 0.3) is 0 Å². The molecule has 0 radical (unpaired) electrons. The smallest absolute Gasteiger partial charge is 0.0133 e. The minimum absolute atomic E-state index is 0.333. The average Bonchev–Trinajstić information content (AvgIpc) is 2.27. The molecule has 0 aliphatic heterocycles. The van der Waals surface area contributed by atoms with E-state index in [0.717, 1.165) is 12.2 Å². The maximum absolute atomic E-state index is 5.99. The molecule has 0 heterocycles. The van der Waals surface area contributed by atoms with Gasteiger partial charge in [-0.2, -0.15) is 0 Å². The molecule has 0 bridgehead atoms. The molecule has 90 valence electrons. The second-order valence-corrected chi connectivity index (χ2v) is 5.68. The van der Waals surface area contributed by atoms with E-state index in [0.29, 0.717) is 12.0 Å². The third-order valence-corrected chi connectivity index (χ3v) is 3.87. The number of hydrogen-bond acceptors (Lipinski definition) is 2. The Hall–Kier alpha value is -0.470. The topological polar surface area (TPSA) is 26.0 Å². The summed E-state index contributed by atoms with van der Waals surface area (Å²) >= 11 is 1.86. The van der Waals surface area contributed by atoms with E-state index >= 15 is 0 Å². The Morgan fingerprint density at radius 2 is 1.81 bits per heavy atom. The van der Waals surface area contributed by atoms with Crippen molar-refractivity contribution >= 4 is 11.8 Å². The Morgan fingerprint density at radius 3 is 2.31 bits per heavy atom. The van der Waals surface area contributed by atoms with E-state index in [2.05, 4.69) is 45.0 Å². The Morgan fingerprint density at radius 1 is 1.19 bits per heavy atom. The van der Waals surface area contributed by atoms with Crippen molar-refractivity contribution in [3.8, 4) is 0 Å². The number of nitrogens with two attached hydrogens (primary N) is 1. The molecule has 0 aromatic heterocycles. The summed E-state index contributed by atoms with van der Waals surface area (Å²) in [5.41, 5.74) is 7.39. The van der Waals surface area contributed by atoms with Crippen molar-refractivity contribution in [1.82, 2.24) is 0 Å².